The van der Waals surface area contributed by atoms with Gasteiger partial charge in [0.15, 0.2) is 11.6 Å². The third-order valence-electron chi connectivity index (χ3n) is 2.43. The molecule has 0 aliphatic heterocycles. The molecule has 1 N–H and O–H groups in total. The van der Waals surface area contributed by atoms with Gasteiger partial charge in [-0.1, -0.05) is 30.3 Å². The van der Waals surface area contributed by atoms with E-state index in [-0.39, 0.29) is 0 Å². The van der Waals surface area contributed by atoms with Crippen molar-refractivity contribution in [2.75, 3.05) is 0 Å². The molecule has 0 saturated heterocycles. The maximum atomic E-state index is 13.4. The van der Waals surface area contributed by atoms with Crippen LogP contribution in [0, 0.1) is 17.5 Å². The fourth-order valence-electron chi connectivity index (χ4n) is 1.59. The van der Waals surface area contributed by atoms with E-state index in [4.69, 9.17) is 0 Å². The average Bonchev–Trinajstić information content (AvgIpc) is 2.34. The Morgan fingerprint density at radius 2 is 1.59 bits per heavy atom. The van der Waals surface area contributed by atoms with Gasteiger partial charge in [0, 0.05) is 11.6 Å². The van der Waals surface area contributed by atoms with Crippen LogP contribution in [0.2, 0.25) is 0 Å². The van der Waals surface area contributed by atoms with Crippen molar-refractivity contribution in [2.24, 2.45) is 0 Å². The molecule has 1 unspecified atom stereocenters. The molecule has 17 heavy (non-hydrogen) atoms. The maximum Gasteiger partial charge on any atom is 0.165 e. The molecule has 88 valence electrons. The second kappa shape index (κ2) is 4.59. The number of aliphatic hydroxyl groups excluding tert-OH is 1. The van der Waals surface area contributed by atoms with Crippen molar-refractivity contribution in [1.29, 1.82) is 0 Å². The summed E-state index contributed by atoms with van der Waals surface area (Å²) in [5.74, 6) is -3.47. The Labute approximate surface area is 96.1 Å². The van der Waals surface area contributed by atoms with Crippen LogP contribution in [-0.4, -0.2) is 5.11 Å². The summed E-state index contributed by atoms with van der Waals surface area (Å²) in [4.78, 5) is 0. The quantitative estimate of drug-likeness (QED) is 0.796. The first-order valence-corrected chi connectivity index (χ1v) is 4.97. The van der Waals surface area contributed by atoms with E-state index >= 15 is 0 Å². The van der Waals surface area contributed by atoms with Gasteiger partial charge in [0.25, 0.3) is 0 Å². The van der Waals surface area contributed by atoms with E-state index in [0.717, 1.165) is 6.07 Å². The monoisotopic (exact) mass is 238 g/mol. The van der Waals surface area contributed by atoms with Crippen molar-refractivity contribution in [3.63, 3.8) is 0 Å². The molecule has 0 spiro atoms. The summed E-state index contributed by atoms with van der Waals surface area (Å²) >= 11 is 0. The first-order chi connectivity index (χ1) is 8.09. The number of hydrogen-bond donors (Lipinski definition) is 1. The Hall–Kier alpha value is -1.81. The van der Waals surface area contributed by atoms with E-state index in [1.807, 2.05) is 0 Å². The molecule has 1 nitrogen and oxygen atoms in total. The van der Waals surface area contributed by atoms with E-state index in [2.05, 4.69) is 0 Å². The molecule has 0 saturated carbocycles. The van der Waals surface area contributed by atoms with Crippen LogP contribution in [0.15, 0.2) is 42.5 Å². The van der Waals surface area contributed by atoms with Crippen LogP contribution in [0.5, 0.6) is 0 Å². The van der Waals surface area contributed by atoms with E-state index in [1.165, 1.54) is 0 Å². The number of rotatable bonds is 2. The van der Waals surface area contributed by atoms with Gasteiger partial charge in [-0.15, -0.1) is 0 Å². The second-order valence-corrected chi connectivity index (χ2v) is 3.60. The maximum absolute atomic E-state index is 13.4. The Bertz CT molecular complexity index is 526. The lowest BCUT2D eigenvalue weighted by molar-refractivity contribution is 0.212. The van der Waals surface area contributed by atoms with Crippen LogP contribution in [0.3, 0.4) is 0 Å². The van der Waals surface area contributed by atoms with Gasteiger partial charge in [-0.25, -0.2) is 13.2 Å². The summed E-state index contributed by atoms with van der Waals surface area (Å²) in [6.07, 6.45) is -1.39. The fraction of sp³-hybridized carbons (Fsp3) is 0.0769. The van der Waals surface area contributed by atoms with Gasteiger partial charge in [0.05, 0.1) is 0 Å². The van der Waals surface area contributed by atoms with Crippen LogP contribution in [0.4, 0.5) is 13.2 Å². The number of hydrogen-bond acceptors (Lipinski definition) is 1. The smallest absolute Gasteiger partial charge is 0.165 e. The van der Waals surface area contributed by atoms with Crippen LogP contribution in [0.1, 0.15) is 17.2 Å². The predicted molar refractivity (Wildman–Crippen MR) is 56.8 cm³/mol. The highest BCUT2D eigenvalue weighted by Crippen LogP contribution is 2.26. The highest BCUT2D eigenvalue weighted by molar-refractivity contribution is 5.31. The lowest BCUT2D eigenvalue weighted by Crippen LogP contribution is -2.05. The predicted octanol–water partition coefficient (Wildman–Crippen LogP) is 3.19. The molecule has 2 aromatic carbocycles. The lowest BCUT2D eigenvalue weighted by atomic mass is 10.0. The normalized spacial score (nSPS) is 12.5. The van der Waals surface area contributed by atoms with Gasteiger partial charge in [-0.3, -0.25) is 0 Å². The molecule has 0 aromatic heterocycles. The zero-order chi connectivity index (χ0) is 12.4. The SMILES string of the molecule is OC(c1ccccc1)c1cc(F)cc(F)c1F. The Morgan fingerprint density at radius 3 is 2.24 bits per heavy atom. The van der Waals surface area contributed by atoms with Crippen LogP contribution in [0.25, 0.3) is 0 Å². The minimum atomic E-state index is -1.39. The Kier molecular flexibility index (Phi) is 3.15. The second-order valence-electron chi connectivity index (χ2n) is 3.60. The lowest BCUT2D eigenvalue weighted by Gasteiger charge is -2.12. The Morgan fingerprint density at radius 1 is 0.941 bits per heavy atom. The van der Waals surface area contributed by atoms with Gasteiger partial charge in [-0.05, 0) is 11.6 Å². The summed E-state index contributed by atoms with van der Waals surface area (Å²) in [6, 6.07) is 9.34. The molecular formula is C13H9F3O. The van der Waals surface area contributed by atoms with Gasteiger partial charge in [-0.2, -0.15) is 0 Å². The standard InChI is InChI=1S/C13H9F3O/c14-9-6-10(12(16)11(15)7-9)13(17)8-4-2-1-3-5-8/h1-7,13,17H. The van der Waals surface area contributed by atoms with Crippen molar-refractivity contribution in [3.8, 4) is 0 Å². The first kappa shape index (κ1) is 11.7. The van der Waals surface area contributed by atoms with Crippen molar-refractivity contribution < 1.29 is 18.3 Å². The third-order valence-corrected chi connectivity index (χ3v) is 2.43. The Balaban J connectivity index is 2.48. The molecule has 0 fully saturated rings. The van der Waals surface area contributed by atoms with Crippen LogP contribution in [-0.2, 0) is 0 Å². The molecule has 0 aliphatic rings. The highest BCUT2D eigenvalue weighted by Gasteiger charge is 2.19. The first-order valence-electron chi connectivity index (χ1n) is 4.97. The molecule has 1 atom stereocenters. The summed E-state index contributed by atoms with van der Waals surface area (Å²) in [7, 11) is 0. The third kappa shape index (κ3) is 2.31. The molecule has 0 aliphatic carbocycles. The zero-order valence-corrected chi connectivity index (χ0v) is 8.70. The van der Waals surface area contributed by atoms with Gasteiger partial charge >= 0.3 is 0 Å². The van der Waals surface area contributed by atoms with E-state index in [9.17, 15) is 18.3 Å². The molecule has 0 radical (unpaired) electrons. The van der Waals surface area contributed by atoms with Crippen molar-refractivity contribution in [1.82, 2.24) is 0 Å². The van der Waals surface area contributed by atoms with Crippen molar-refractivity contribution >= 4 is 0 Å². The number of halogens is 3. The van der Waals surface area contributed by atoms with Crippen molar-refractivity contribution in [2.45, 2.75) is 6.10 Å². The summed E-state index contributed by atoms with van der Waals surface area (Å²) in [5.41, 5.74) is -0.0369. The molecule has 2 rings (SSSR count). The summed E-state index contributed by atoms with van der Waals surface area (Å²) in [6.45, 7) is 0. The molecular weight excluding hydrogens is 229 g/mol. The highest BCUT2D eigenvalue weighted by atomic mass is 19.2. The summed E-state index contributed by atoms with van der Waals surface area (Å²) in [5, 5.41) is 9.85. The minimum Gasteiger partial charge on any atom is -0.384 e. The molecule has 2 aromatic rings. The molecule has 0 heterocycles. The zero-order valence-electron chi connectivity index (χ0n) is 8.70. The summed E-state index contributed by atoms with van der Waals surface area (Å²) < 4.78 is 39.4. The number of aliphatic hydroxyl groups is 1. The van der Waals surface area contributed by atoms with E-state index < -0.39 is 29.1 Å². The molecule has 4 heteroatoms. The fourth-order valence-corrected chi connectivity index (χ4v) is 1.59. The number of benzene rings is 2. The van der Waals surface area contributed by atoms with Crippen LogP contribution >= 0.6 is 0 Å². The van der Waals surface area contributed by atoms with Gasteiger partial charge in [0.1, 0.15) is 11.9 Å². The topological polar surface area (TPSA) is 20.2 Å². The minimum absolute atomic E-state index is 0.372. The van der Waals surface area contributed by atoms with Gasteiger partial charge in [0.2, 0.25) is 0 Å². The van der Waals surface area contributed by atoms with E-state index in [0.29, 0.717) is 11.6 Å². The molecule has 0 bridgehead atoms. The van der Waals surface area contributed by atoms with Gasteiger partial charge < -0.3 is 5.11 Å². The van der Waals surface area contributed by atoms with Crippen molar-refractivity contribution in [3.05, 3.63) is 71.0 Å². The largest absolute Gasteiger partial charge is 0.384 e. The van der Waals surface area contributed by atoms with Crippen LogP contribution < -0.4 is 0 Å². The molecule has 0 amide bonds. The van der Waals surface area contributed by atoms with E-state index in [1.54, 1.807) is 30.3 Å². The average molecular weight is 238 g/mol.